The average Bonchev–Trinajstić information content (AvgIpc) is 3.08. The molecule has 0 amide bonds. The average molecular weight is 265 g/mol. The lowest BCUT2D eigenvalue weighted by Crippen LogP contribution is -2.44. The summed E-state index contributed by atoms with van der Waals surface area (Å²) in [6, 6.07) is 0. The van der Waals surface area contributed by atoms with E-state index in [1.165, 1.54) is 11.5 Å². The quantitative estimate of drug-likeness (QED) is 0.830. The van der Waals surface area contributed by atoms with Crippen LogP contribution in [-0.4, -0.2) is 50.9 Å². The summed E-state index contributed by atoms with van der Waals surface area (Å²) in [5, 5.41) is 14.7. The Morgan fingerprint density at radius 2 is 2.17 bits per heavy atom. The first-order chi connectivity index (χ1) is 8.88. The standard InChI is InChI=1S/C10H15N7S/c1-2-7-8(18-16-13-7)9-12-10(15-14-9)17-5-3-11-4-6-17/h11H,2-6H2,1H3,(H,12,14,15). The van der Waals surface area contributed by atoms with Crippen molar-refractivity contribution in [1.82, 2.24) is 30.1 Å². The summed E-state index contributed by atoms with van der Waals surface area (Å²) in [6.45, 7) is 5.91. The monoisotopic (exact) mass is 265 g/mol. The van der Waals surface area contributed by atoms with Crippen LogP contribution in [0.5, 0.6) is 0 Å². The molecular weight excluding hydrogens is 250 g/mol. The van der Waals surface area contributed by atoms with Crippen LogP contribution in [0, 0.1) is 0 Å². The Labute approximate surface area is 109 Å². The van der Waals surface area contributed by atoms with Gasteiger partial charge in [-0.1, -0.05) is 11.4 Å². The van der Waals surface area contributed by atoms with Crippen molar-refractivity contribution in [2.24, 2.45) is 0 Å². The molecule has 96 valence electrons. The smallest absolute Gasteiger partial charge is 0.245 e. The Balaban J connectivity index is 1.84. The van der Waals surface area contributed by atoms with Gasteiger partial charge >= 0.3 is 0 Å². The number of rotatable bonds is 3. The molecule has 0 bridgehead atoms. The van der Waals surface area contributed by atoms with E-state index in [4.69, 9.17) is 0 Å². The maximum absolute atomic E-state index is 4.55. The molecule has 0 unspecified atom stereocenters. The van der Waals surface area contributed by atoms with E-state index in [9.17, 15) is 0 Å². The number of aromatic amines is 1. The molecule has 2 N–H and O–H groups in total. The van der Waals surface area contributed by atoms with Crippen molar-refractivity contribution in [2.45, 2.75) is 13.3 Å². The van der Waals surface area contributed by atoms with E-state index < -0.39 is 0 Å². The molecule has 2 aromatic rings. The van der Waals surface area contributed by atoms with Crippen LogP contribution in [-0.2, 0) is 6.42 Å². The van der Waals surface area contributed by atoms with Crippen molar-refractivity contribution in [3.05, 3.63) is 5.69 Å². The number of aryl methyl sites for hydroxylation is 1. The zero-order valence-corrected chi connectivity index (χ0v) is 11.0. The summed E-state index contributed by atoms with van der Waals surface area (Å²) >= 11 is 1.36. The van der Waals surface area contributed by atoms with Gasteiger partial charge in [-0.25, -0.2) is 0 Å². The van der Waals surface area contributed by atoms with Crippen LogP contribution in [0.4, 0.5) is 5.95 Å². The van der Waals surface area contributed by atoms with Gasteiger partial charge in [0.05, 0.1) is 5.69 Å². The Hall–Kier alpha value is -1.54. The zero-order chi connectivity index (χ0) is 12.4. The predicted molar refractivity (Wildman–Crippen MR) is 69.7 cm³/mol. The molecule has 1 aliphatic heterocycles. The van der Waals surface area contributed by atoms with Crippen LogP contribution in [0.25, 0.3) is 10.7 Å². The highest BCUT2D eigenvalue weighted by molar-refractivity contribution is 7.09. The van der Waals surface area contributed by atoms with Gasteiger partial charge < -0.3 is 10.2 Å². The third kappa shape index (κ3) is 2.08. The van der Waals surface area contributed by atoms with Crippen molar-refractivity contribution < 1.29 is 0 Å². The summed E-state index contributed by atoms with van der Waals surface area (Å²) in [5.41, 5.74) is 0.975. The van der Waals surface area contributed by atoms with Crippen molar-refractivity contribution >= 4 is 17.5 Å². The molecule has 0 atom stereocenters. The zero-order valence-electron chi connectivity index (χ0n) is 10.2. The van der Waals surface area contributed by atoms with Gasteiger partial charge in [0.2, 0.25) is 5.95 Å². The van der Waals surface area contributed by atoms with E-state index in [0.29, 0.717) is 0 Å². The largest absolute Gasteiger partial charge is 0.337 e. The summed E-state index contributed by atoms with van der Waals surface area (Å²) < 4.78 is 3.97. The molecule has 1 saturated heterocycles. The first-order valence-electron chi connectivity index (χ1n) is 6.08. The van der Waals surface area contributed by atoms with E-state index in [-0.39, 0.29) is 0 Å². The van der Waals surface area contributed by atoms with Gasteiger partial charge in [-0.2, -0.15) is 4.98 Å². The minimum atomic E-state index is 0.766. The first-order valence-corrected chi connectivity index (χ1v) is 6.85. The van der Waals surface area contributed by atoms with E-state index in [1.54, 1.807) is 0 Å². The van der Waals surface area contributed by atoms with Crippen LogP contribution in [0.15, 0.2) is 0 Å². The van der Waals surface area contributed by atoms with Crippen LogP contribution < -0.4 is 10.2 Å². The summed E-state index contributed by atoms with van der Waals surface area (Å²) in [6.07, 6.45) is 0.857. The maximum Gasteiger partial charge on any atom is 0.245 e. The van der Waals surface area contributed by atoms with Gasteiger partial charge in [-0.05, 0) is 18.0 Å². The predicted octanol–water partition coefficient (Wildman–Crippen LogP) is 0.295. The van der Waals surface area contributed by atoms with Crippen LogP contribution in [0.2, 0.25) is 0 Å². The molecular formula is C10H15N7S. The van der Waals surface area contributed by atoms with E-state index in [2.05, 4.69) is 41.9 Å². The second-order valence-corrected chi connectivity index (χ2v) is 4.88. The number of nitrogens with zero attached hydrogens (tertiary/aromatic N) is 5. The fraction of sp³-hybridized carbons (Fsp3) is 0.600. The van der Waals surface area contributed by atoms with Crippen molar-refractivity contribution in [2.75, 3.05) is 31.1 Å². The van der Waals surface area contributed by atoms with Crippen molar-refractivity contribution in [1.29, 1.82) is 0 Å². The van der Waals surface area contributed by atoms with E-state index in [0.717, 1.165) is 54.9 Å². The molecule has 0 aromatic carbocycles. The molecule has 3 heterocycles. The van der Waals surface area contributed by atoms with E-state index in [1.807, 2.05) is 0 Å². The number of hydrogen-bond donors (Lipinski definition) is 2. The van der Waals surface area contributed by atoms with Gasteiger partial charge in [0.15, 0.2) is 5.82 Å². The molecule has 3 rings (SSSR count). The summed E-state index contributed by atoms with van der Waals surface area (Å²) in [4.78, 5) is 7.72. The number of anilines is 1. The molecule has 0 saturated carbocycles. The second-order valence-electron chi connectivity index (χ2n) is 4.12. The fourth-order valence-corrected chi connectivity index (χ4v) is 2.67. The summed E-state index contributed by atoms with van der Waals surface area (Å²) in [7, 11) is 0. The van der Waals surface area contributed by atoms with Gasteiger partial charge in [0.25, 0.3) is 0 Å². The molecule has 7 nitrogen and oxygen atoms in total. The molecule has 1 aliphatic rings. The Bertz CT molecular complexity index is 514. The topological polar surface area (TPSA) is 82.6 Å². The molecule has 2 aromatic heterocycles. The highest BCUT2D eigenvalue weighted by Gasteiger charge is 2.18. The molecule has 8 heteroatoms. The Morgan fingerprint density at radius 3 is 2.94 bits per heavy atom. The highest BCUT2D eigenvalue weighted by atomic mass is 32.1. The molecule has 1 fully saturated rings. The number of hydrogen-bond acceptors (Lipinski definition) is 7. The number of aromatic nitrogens is 5. The van der Waals surface area contributed by atoms with Gasteiger partial charge in [-0.3, -0.25) is 5.10 Å². The van der Waals surface area contributed by atoms with Crippen molar-refractivity contribution in [3.63, 3.8) is 0 Å². The van der Waals surface area contributed by atoms with Crippen LogP contribution in [0.3, 0.4) is 0 Å². The fourth-order valence-electron chi connectivity index (χ4n) is 1.98. The highest BCUT2D eigenvalue weighted by Crippen LogP contribution is 2.24. The third-order valence-electron chi connectivity index (χ3n) is 2.98. The van der Waals surface area contributed by atoms with Gasteiger partial charge in [0.1, 0.15) is 4.88 Å². The van der Waals surface area contributed by atoms with E-state index >= 15 is 0 Å². The second kappa shape index (κ2) is 4.99. The van der Waals surface area contributed by atoms with Crippen molar-refractivity contribution in [3.8, 4) is 10.7 Å². The minimum Gasteiger partial charge on any atom is -0.337 e. The first kappa shape index (κ1) is 11.5. The number of H-pyrrole nitrogens is 1. The van der Waals surface area contributed by atoms with Gasteiger partial charge in [-0.15, -0.1) is 10.2 Å². The lowest BCUT2D eigenvalue weighted by Gasteiger charge is -2.25. The van der Waals surface area contributed by atoms with Crippen LogP contribution in [0.1, 0.15) is 12.6 Å². The molecule has 0 spiro atoms. The lowest BCUT2D eigenvalue weighted by atomic mass is 10.3. The lowest BCUT2D eigenvalue weighted by molar-refractivity contribution is 0.580. The molecule has 0 radical (unpaired) electrons. The van der Waals surface area contributed by atoms with Gasteiger partial charge in [0, 0.05) is 26.2 Å². The normalized spacial score (nSPS) is 16.2. The summed E-state index contributed by atoms with van der Waals surface area (Å²) in [5.74, 6) is 1.54. The minimum absolute atomic E-state index is 0.766. The Morgan fingerprint density at radius 1 is 1.33 bits per heavy atom. The number of nitrogens with one attached hydrogen (secondary N) is 2. The molecule has 18 heavy (non-hydrogen) atoms. The van der Waals surface area contributed by atoms with Crippen LogP contribution >= 0.6 is 11.5 Å². The third-order valence-corrected chi connectivity index (χ3v) is 3.75. The molecule has 0 aliphatic carbocycles. The number of piperazine rings is 1. The maximum atomic E-state index is 4.55. The Kier molecular flexibility index (Phi) is 3.20. The SMILES string of the molecule is CCc1nnsc1-c1nc(N2CCNCC2)n[nH]1.